The molecule has 134 valence electrons. The molecule has 1 atom stereocenters. The van der Waals surface area contributed by atoms with Gasteiger partial charge in [-0.05, 0) is 31.0 Å². The lowest BCUT2D eigenvalue weighted by Crippen LogP contribution is -2.44. The standard InChI is InChI=1S/C19H25N3O3/c1-15-12-21(13-17-7-4-3-5-8-17)9-6-10-22(15)19(23)14-24-18-11-16(2)25-20-18/h3-5,7-8,11,15H,6,9-10,12-14H2,1-2H3/t15-/m1/s1. The Hall–Kier alpha value is -2.34. The highest BCUT2D eigenvalue weighted by Gasteiger charge is 2.25. The molecular weight excluding hydrogens is 318 g/mol. The first-order valence-corrected chi connectivity index (χ1v) is 8.73. The Morgan fingerprint density at radius 1 is 1.32 bits per heavy atom. The summed E-state index contributed by atoms with van der Waals surface area (Å²) >= 11 is 0. The summed E-state index contributed by atoms with van der Waals surface area (Å²) < 4.78 is 10.4. The summed E-state index contributed by atoms with van der Waals surface area (Å²) in [5, 5.41) is 3.75. The van der Waals surface area contributed by atoms with Gasteiger partial charge in [0.15, 0.2) is 6.61 Å². The van der Waals surface area contributed by atoms with Crippen molar-refractivity contribution in [3.63, 3.8) is 0 Å². The van der Waals surface area contributed by atoms with E-state index in [1.165, 1.54) is 5.56 Å². The van der Waals surface area contributed by atoms with Crippen molar-refractivity contribution in [2.24, 2.45) is 0 Å². The van der Waals surface area contributed by atoms with E-state index in [2.05, 4.69) is 41.2 Å². The lowest BCUT2D eigenvalue weighted by molar-refractivity contribution is -0.135. The van der Waals surface area contributed by atoms with Crippen LogP contribution in [-0.4, -0.2) is 53.1 Å². The molecule has 0 saturated carbocycles. The summed E-state index contributed by atoms with van der Waals surface area (Å²) in [4.78, 5) is 16.9. The van der Waals surface area contributed by atoms with Crippen LogP contribution in [-0.2, 0) is 11.3 Å². The number of nitrogens with zero attached hydrogens (tertiary/aromatic N) is 3. The Morgan fingerprint density at radius 2 is 2.12 bits per heavy atom. The summed E-state index contributed by atoms with van der Waals surface area (Å²) in [6.07, 6.45) is 0.964. The van der Waals surface area contributed by atoms with Crippen LogP contribution in [0.15, 0.2) is 40.9 Å². The molecule has 2 aromatic rings. The highest BCUT2D eigenvalue weighted by molar-refractivity contribution is 5.78. The summed E-state index contributed by atoms with van der Waals surface area (Å²) in [5.74, 6) is 1.02. The van der Waals surface area contributed by atoms with Crippen molar-refractivity contribution in [1.29, 1.82) is 0 Å². The number of hydrogen-bond acceptors (Lipinski definition) is 5. The molecule has 25 heavy (non-hydrogen) atoms. The van der Waals surface area contributed by atoms with Gasteiger partial charge >= 0.3 is 0 Å². The van der Waals surface area contributed by atoms with Crippen LogP contribution < -0.4 is 4.74 Å². The molecule has 0 radical (unpaired) electrons. The third-order valence-corrected chi connectivity index (χ3v) is 4.45. The third kappa shape index (κ3) is 4.82. The lowest BCUT2D eigenvalue weighted by atomic mass is 10.2. The van der Waals surface area contributed by atoms with Gasteiger partial charge in [-0.1, -0.05) is 30.3 Å². The van der Waals surface area contributed by atoms with E-state index in [1.54, 1.807) is 13.0 Å². The predicted molar refractivity (Wildman–Crippen MR) is 94.2 cm³/mol. The number of aryl methyl sites for hydroxylation is 1. The van der Waals surface area contributed by atoms with Crippen LogP contribution in [0.25, 0.3) is 0 Å². The van der Waals surface area contributed by atoms with E-state index in [1.807, 2.05) is 11.0 Å². The zero-order chi connectivity index (χ0) is 17.6. The molecule has 1 aromatic heterocycles. The maximum Gasteiger partial charge on any atom is 0.260 e. The largest absolute Gasteiger partial charge is 0.465 e. The second-order valence-electron chi connectivity index (χ2n) is 6.57. The van der Waals surface area contributed by atoms with Gasteiger partial charge in [-0.25, -0.2) is 0 Å². The van der Waals surface area contributed by atoms with Gasteiger partial charge in [0.1, 0.15) is 5.76 Å². The second kappa shape index (κ2) is 8.16. The van der Waals surface area contributed by atoms with E-state index in [0.717, 1.165) is 32.6 Å². The predicted octanol–water partition coefficient (Wildman–Crippen LogP) is 2.48. The normalized spacial score (nSPS) is 18.8. The minimum atomic E-state index is -0.00496. The summed E-state index contributed by atoms with van der Waals surface area (Å²) in [7, 11) is 0. The maximum atomic E-state index is 12.5. The first-order valence-electron chi connectivity index (χ1n) is 8.73. The fourth-order valence-corrected chi connectivity index (χ4v) is 3.23. The molecule has 2 heterocycles. The van der Waals surface area contributed by atoms with E-state index in [0.29, 0.717) is 11.6 Å². The van der Waals surface area contributed by atoms with E-state index in [9.17, 15) is 4.79 Å². The number of carbonyl (C=O) groups is 1. The van der Waals surface area contributed by atoms with Crippen molar-refractivity contribution in [1.82, 2.24) is 15.0 Å². The minimum Gasteiger partial charge on any atom is -0.465 e. The van der Waals surface area contributed by atoms with Crippen LogP contribution in [0, 0.1) is 6.92 Å². The number of benzene rings is 1. The SMILES string of the molecule is Cc1cc(OCC(=O)N2CCCN(Cc3ccccc3)C[C@H]2C)no1. The van der Waals surface area contributed by atoms with Gasteiger partial charge < -0.3 is 14.2 Å². The molecule has 6 nitrogen and oxygen atoms in total. The van der Waals surface area contributed by atoms with Gasteiger partial charge in [-0.2, -0.15) is 0 Å². The number of aromatic nitrogens is 1. The number of ether oxygens (including phenoxy) is 1. The van der Waals surface area contributed by atoms with E-state index < -0.39 is 0 Å². The quantitative estimate of drug-likeness (QED) is 0.835. The topological polar surface area (TPSA) is 58.8 Å². The molecule has 1 amide bonds. The molecule has 1 aliphatic heterocycles. The second-order valence-corrected chi connectivity index (χ2v) is 6.57. The van der Waals surface area contributed by atoms with E-state index >= 15 is 0 Å². The van der Waals surface area contributed by atoms with Crippen LogP contribution >= 0.6 is 0 Å². The Kier molecular flexibility index (Phi) is 5.71. The zero-order valence-electron chi connectivity index (χ0n) is 14.9. The summed E-state index contributed by atoms with van der Waals surface area (Å²) in [6.45, 7) is 7.42. The Bertz CT molecular complexity index is 686. The fraction of sp³-hybridized carbons (Fsp3) is 0.474. The zero-order valence-corrected chi connectivity index (χ0v) is 14.9. The monoisotopic (exact) mass is 343 g/mol. The molecule has 1 saturated heterocycles. The number of amides is 1. The molecular formula is C19H25N3O3. The first kappa shape index (κ1) is 17.5. The Balaban J connectivity index is 1.53. The molecule has 0 bridgehead atoms. The van der Waals surface area contributed by atoms with Gasteiger partial charge in [0.05, 0.1) is 0 Å². The van der Waals surface area contributed by atoms with Crippen molar-refractivity contribution >= 4 is 5.91 Å². The van der Waals surface area contributed by atoms with Crippen LogP contribution in [0.1, 0.15) is 24.7 Å². The molecule has 3 rings (SSSR count). The molecule has 1 aromatic carbocycles. The summed E-state index contributed by atoms with van der Waals surface area (Å²) in [5.41, 5.74) is 1.30. The van der Waals surface area contributed by atoms with Gasteiger partial charge in [0.2, 0.25) is 0 Å². The number of rotatable bonds is 5. The Labute approximate surface area is 148 Å². The van der Waals surface area contributed by atoms with Crippen molar-refractivity contribution < 1.29 is 14.1 Å². The van der Waals surface area contributed by atoms with E-state index in [4.69, 9.17) is 9.26 Å². The fourth-order valence-electron chi connectivity index (χ4n) is 3.23. The molecule has 0 aliphatic carbocycles. The van der Waals surface area contributed by atoms with E-state index in [-0.39, 0.29) is 18.6 Å². The highest BCUT2D eigenvalue weighted by atomic mass is 16.5. The summed E-state index contributed by atoms with van der Waals surface area (Å²) in [6, 6.07) is 12.3. The molecule has 0 spiro atoms. The van der Waals surface area contributed by atoms with Crippen LogP contribution in [0.5, 0.6) is 5.88 Å². The van der Waals surface area contributed by atoms with Crippen molar-refractivity contribution in [3.8, 4) is 5.88 Å². The van der Waals surface area contributed by atoms with Crippen LogP contribution in [0.3, 0.4) is 0 Å². The lowest BCUT2D eigenvalue weighted by Gasteiger charge is -2.29. The van der Waals surface area contributed by atoms with Crippen LogP contribution in [0.4, 0.5) is 0 Å². The van der Waals surface area contributed by atoms with Gasteiger partial charge in [0, 0.05) is 38.3 Å². The molecule has 6 heteroatoms. The number of hydrogen-bond donors (Lipinski definition) is 0. The maximum absolute atomic E-state index is 12.5. The van der Waals surface area contributed by atoms with Gasteiger partial charge in [-0.15, -0.1) is 0 Å². The molecule has 1 fully saturated rings. The molecule has 0 unspecified atom stereocenters. The first-order chi connectivity index (χ1) is 12.1. The Morgan fingerprint density at radius 3 is 2.84 bits per heavy atom. The molecule has 1 aliphatic rings. The smallest absolute Gasteiger partial charge is 0.260 e. The van der Waals surface area contributed by atoms with Crippen molar-refractivity contribution in [3.05, 3.63) is 47.7 Å². The highest BCUT2D eigenvalue weighted by Crippen LogP contribution is 2.15. The van der Waals surface area contributed by atoms with Gasteiger partial charge in [0.25, 0.3) is 11.8 Å². The van der Waals surface area contributed by atoms with Crippen LogP contribution in [0.2, 0.25) is 0 Å². The van der Waals surface area contributed by atoms with Crippen molar-refractivity contribution in [2.45, 2.75) is 32.9 Å². The van der Waals surface area contributed by atoms with Gasteiger partial charge in [-0.3, -0.25) is 9.69 Å². The third-order valence-electron chi connectivity index (χ3n) is 4.45. The molecule has 0 N–H and O–H groups in total. The average molecular weight is 343 g/mol. The number of carbonyl (C=O) groups excluding carboxylic acids is 1. The average Bonchev–Trinajstić information content (AvgIpc) is 2.93. The minimum absolute atomic E-state index is 0.00489. The van der Waals surface area contributed by atoms with Crippen molar-refractivity contribution in [2.75, 3.05) is 26.2 Å².